The maximum atomic E-state index is 13.6. The smallest absolute Gasteiger partial charge is 0.181 e. The monoisotopic (exact) mass is 481 g/mol. The summed E-state index contributed by atoms with van der Waals surface area (Å²) in [5.41, 5.74) is 8.79. The van der Waals surface area contributed by atoms with Crippen LogP contribution in [0.5, 0.6) is 5.75 Å². The van der Waals surface area contributed by atoms with Crippen molar-refractivity contribution in [3.63, 3.8) is 0 Å². The van der Waals surface area contributed by atoms with Gasteiger partial charge in [0.1, 0.15) is 17.4 Å². The van der Waals surface area contributed by atoms with Crippen molar-refractivity contribution >= 4 is 32.5 Å². The zero-order chi connectivity index (χ0) is 23.9. The van der Waals surface area contributed by atoms with E-state index in [1.807, 2.05) is 18.2 Å². The lowest BCUT2D eigenvalue weighted by atomic mass is 9.98. The molecule has 34 heavy (non-hydrogen) atoms. The van der Waals surface area contributed by atoms with Crippen LogP contribution in [0.1, 0.15) is 37.7 Å². The number of nitrogens with two attached hydrogens (primary N) is 1. The van der Waals surface area contributed by atoms with Crippen molar-refractivity contribution in [1.29, 1.82) is 0 Å². The van der Waals surface area contributed by atoms with Crippen molar-refractivity contribution < 1.29 is 14.2 Å². The van der Waals surface area contributed by atoms with Gasteiger partial charge < -0.3 is 20.9 Å². The number of rotatable bonds is 5. The first-order valence-corrected chi connectivity index (χ1v) is 12.1. The number of nitrogens with zero attached hydrogens (tertiary/aromatic N) is 3. The quantitative estimate of drug-likeness (QED) is 0.350. The minimum absolute atomic E-state index is 0.0359. The first-order valence-electron chi connectivity index (χ1n) is 11.2. The van der Waals surface area contributed by atoms with Crippen LogP contribution >= 0.6 is 11.3 Å². The molecule has 0 saturated heterocycles. The molecular formula is C25H28FN5O2S. The lowest BCUT2D eigenvalue weighted by Crippen LogP contribution is -2.09. The molecule has 0 spiro atoms. The number of hydrogen-bond acceptors (Lipinski definition) is 8. The Morgan fingerprint density at radius 2 is 1.94 bits per heavy atom. The molecule has 9 heteroatoms. The minimum Gasteiger partial charge on any atom is -0.496 e. The van der Waals surface area contributed by atoms with Gasteiger partial charge in [-0.1, -0.05) is 36.7 Å². The molecule has 0 atom stereocenters. The Bertz CT molecular complexity index is 1240. The molecule has 0 bridgehead atoms. The van der Waals surface area contributed by atoms with Gasteiger partial charge in [0.25, 0.3) is 0 Å². The molecule has 2 heterocycles. The van der Waals surface area contributed by atoms with E-state index >= 15 is 0 Å². The maximum absolute atomic E-state index is 13.6. The fourth-order valence-electron chi connectivity index (χ4n) is 3.83. The summed E-state index contributed by atoms with van der Waals surface area (Å²) in [4.78, 5) is 13.0. The molecule has 1 aliphatic carbocycles. The zero-order valence-corrected chi connectivity index (χ0v) is 19.8. The molecule has 5 rings (SSSR count). The highest BCUT2D eigenvalue weighted by molar-refractivity contribution is 7.22. The first kappa shape index (κ1) is 23.8. The van der Waals surface area contributed by atoms with Crippen LogP contribution in [-0.2, 0) is 6.54 Å². The normalized spacial score (nSPS) is 13.9. The van der Waals surface area contributed by atoms with E-state index in [2.05, 4.69) is 20.3 Å². The molecule has 4 N–H and O–H groups in total. The van der Waals surface area contributed by atoms with Gasteiger partial charge in [-0.3, -0.25) is 4.98 Å². The molecule has 0 aliphatic heterocycles. The van der Waals surface area contributed by atoms with E-state index in [4.69, 9.17) is 15.6 Å². The number of hydrogen-bond donors (Lipinski definition) is 3. The Morgan fingerprint density at radius 3 is 2.68 bits per heavy atom. The summed E-state index contributed by atoms with van der Waals surface area (Å²) in [6.07, 6.45) is 9.13. The molecule has 0 amide bonds. The van der Waals surface area contributed by atoms with E-state index in [0.717, 1.165) is 28.6 Å². The van der Waals surface area contributed by atoms with Gasteiger partial charge in [-0.15, -0.1) is 0 Å². The van der Waals surface area contributed by atoms with E-state index in [0.29, 0.717) is 34.5 Å². The number of ether oxygens (including phenoxy) is 1. The summed E-state index contributed by atoms with van der Waals surface area (Å²) in [5.74, 6) is 0.766. The van der Waals surface area contributed by atoms with Crippen molar-refractivity contribution in [1.82, 2.24) is 15.0 Å². The van der Waals surface area contributed by atoms with Crippen LogP contribution in [0, 0.1) is 5.82 Å². The molecule has 4 aromatic rings. The maximum Gasteiger partial charge on any atom is 0.181 e. The molecule has 1 aliphatic rings. The van der Waals surface area contributed by atoms with Gasteiger partial charge in [0.05, 0.1) is 41.5 Å². The molecule has 0 unspecified atom stereocenters. The average Bonchev–Trinajstić information content (AvgIpc) is 3.23. The second-order valence-electron chi connectivity index (χ2n) is 8.13. The highest BCUT2D eigenvalue weighted by Gasteiger charge is 2.11. The largest absolute Gasteiger partial charge is 0.496 e. The number of aliphatic hydroxyl groups excluding tert-OH is 1. The Hall–Kier alpha value is -3.30. The van der Waals surface area contributed by atoms with Crippen LogP contribution in [0.25, 0.3) is 21.5 Å². The summed E-state index contributed by atoms with van der Waals surface area (Å²) in [6.45, 7) is 0.562. The van der Waals surface area contributed by atoms with Gasteiger partial charge in [-0.05, 0) is 48.7 Å². The Kier molecular flexibility index (Phi) is 7.87. The van der Waals surface area contributed by atoms with Crippen LogP contribution in [0.4, 0.5) is 15.3 Å². The Balaban J connectivity index is 0.000000336. The fourth-order valence-corrected chi connectivity index (χ4v) is 4.63. The average molecular weight is 482 g/mol. The van der Waals surface area contributed by atoms with E-state index in [1.54, 1.807) is 18.5 Å². The van der Waals surface area contributed by atoms with Crippen LogP contribution in [0.3, 0.4) is 0 Å². The number of fused-ring (bicyclic) bond motifs is 1. The van der Waals surface area contributed by atoms with Gasteiger partial charge in [0.15, 0.2) is 5.13 Å². The topological polar surface area (TPSA) is 106 Å². The van der Waals surface area contributed by atoms with Crippen molar-refractivity contribution in [2.75, 3.05) is 18.2 Å². The van der Waals surface area contributed by atoms with Crippen molar-refractivity contribution in [3.8, 4) is 17.0 Å². The molecule has 1 saturated carbocycles. The molecule has 1 fully saturated rings. The number of aromatic nitrogens is 3. The van der Waals surface area contributed by atoms with Gasteiger partial charge >= 0.3 is 0 Å². The molecule has 2 aromatic heterocycles. The van der Waals surface area contributed by atoms with E-state index in [9.17, 15) is 4.39 Å². The van der Waals surface area contributed by atoms with E-state index < -0.39 is 0 Å². The Morgan fingerprint density at radius 1 is 1.12 bits per heavy atom. The molecular weight excluding hydrogens is 453 g/mol. The number of nitrogen functional groups attached to an aromatic ring is 1. The van der Waals surface area contributed by atoms with E-state index in [1.165, 1.54) is 49.8 Å². The standard InChI is InChI=1S/C19H16FN5OS.C6H12O/c1-26-16-5-3-12(20)7-13(16)15-9-22-10-18(24-15)23-8-11-2-4-14-17(6-11)27-19(21)25-14;7-6-4-2-1-3-5-6/h2-7,9-10H,8H2,1H3,(H2,21,25)(H,23,24);6-7H,1-5H2. The third kappa shape index (κ3) is 6.18. The van der Waals surface area contributed by atoms with Crippen LogP contribution < -0.4 is 15.8 Å². The number of methoxy groups -OCH3 is 1. The van der Waals surface area contributed by atoms with E-state index in [-0.39, 0.29) is 11.9 Å². The zero-order valence-electron chi connectivity index (χ0n) is 19.0. The van der Waals surface area contributed by atoms with Gasteiger partial charge in [-0.25, -0.2) is 14.4 Å². The van der Waals surface area contributed by atoms with Crippen LogP contribution in [0.2, 0.25) is 0 Å². The number of halogens is 1. The number of nitrogens with one attached hydrogen (secondary N) is 1. The third-order valence-electron chi connectivity index (χ3n) is 5.59. The molecule has 0 radical (unpaired) electrons. The van der Waals surface area contributed by atoms with Gasteiger partial charge in [-0.2, -0.15) is 0 Å². The minimum atomic E-state index is -0.358. The number of benzene rings is 2. The summed E-state index contributed by atoms with van der Waals surface area (Å²) in [7, 11) is 1.54. The van der Waals surface area contributed by atoms with Gasteiger partial charge in [0.2, 0.25) is 0 Å². The predicted molar refractivity (Wildman–Crippen MR) is 134 cm³/mol. The lowest BCUT2D eigenvalue weighted by molar-refractivity contribution is 0.130. The van der Waals surface area contributed by atoms with Crippen LogP contribution in [0.15, 0.2) is 48.8 Å². The van der Waals surface area contributed by atoms with Crippen molar-refractivity contribution in [3.05, 3.63) is 60.2 Å². The predicted octanol–water partition coefficient (Wildman–Crippen LogP) is 5.41. The van der Waals surface area contributed by atoms with Crippen LogP contribution in [-0.4, -0.2) is 33.3 Å². The number of anilines is 2. The highest BCUT2D eigenvalue weighted by Crippen LogP contribution is 2.30. The first-order chi connectivity index (χ1) is 16.5. The SMILES string of the molecule is COc1ccc(F)cc1-c1cncc(NCc2ccc3nc(N)sc3c2)n1.OC1CCCCC1. The molecule has 178 valence electrons. The molecule has 2 aromatic carbocycles. The Labute approximate surface area is 201 Å². The summed E-state index contributed by atoms with van der Waals surface area (Å²) < 4.78 is 20.0. The van der Waals surface area contributed by atoms with Gasteiger partial charge in [0, 0.05) is 12.1 Å². The van der Waals surface area contributed by atoms with Crippen molar-refractivity contribution in [2.45, 2.75) is 44.8 Å². The number of thiazole rings is 1. The second kappa shape index (κ2) is 11.2. The lowest BCUT2D eigenvalue weighted by Gasteiger charge is -2.14. The summed E-state index contributed by atoms with van der Waals surface area (Å²) >= 11 is 1.45. The second-order valence-corrected chi connectivity index (χ2v) is 9.20. The summed E-state index contributed by atoms with van der Waals surface area (Å²) in [6, 6.07) is 10.3. The number of aliphatic hydroxyl groups is 1. The summed E-state index contributed by atoms with van der Waals surface area (Å²) in [5, 5.41) is 12.7. The molecule has 7 nitrogen and oxygen atoms in total. The third-order valence-corrected chi connectivity index (χ3v) is 6.44. The van der Waals surface area contributed by atoms with Crippen molar-refractivity contribution in [2.24, 2.45) is 0 Å². The fraction of sp³-hybridized carbons (Fsp3) is 0.320. The highest BCUT2D eigenvalue weighted by atomic mass is 32.1.